The zero-order chi connectivity index (χ0) is 14.9. The second-order valence-corrected chi connectivity index (χ2v) is 8.04. The molecule has 0 radical (unpaired) electrons. The third kappa shape index (κ3) is 3.50. The quantitative estimate of drug-likeness (QED) is 0.754. The molecule has 0 bridgehead atoms. The standard InChI is InChI=1S/C14H12Cl2O2S2/c1-8-5-11(9(2)19-8)13(17)7-20(18)14-6-10(15)3-4-12(14)16/h3-6H,7H2,1-2H3. The Morgan fingerprint density at radius 1 is 1.25 bits per heavy atom. The van der Waals surface area contributed by atoms with Crippen molar-refractivity contribution in [2.24, 2.45) is 0 Å². The summed E-state index contributed by atoms with van der Waals surface area (Å²) in [5.41, 5.74) is 0.638. The van der Waals surface area contributed by atoms with Gasteiger partial charge in [-0.15, -0.1) is 11.3 Å². The maximum absolute atomic E-state index is 12.3. The fourth-order valence-electron chi connectivity index (χ4n) is 1.83. The first-order valence-electron chi connectivity index (χ1n) is 5.82. The Morgan fingerprint density at radius 2 is 1.95 bits per heavy atom. The lowest BCUT2D eigenvalue weighted by atomic mass is 10.2. The van der Waals surface area contributed by atoms with Gasteiger partial charge in [0, 0.05) is 20.3 Å². The number of carbonyl (C=O) groups excluding carboxylic acids is 1. The number of carbonyl (C=O) groups is 1. The van der Waals surface area contributed by atoms with Crippen molar-refractivity contribution in [3.63, 3.8) is 0 Å². The van der Waals surface area contributed by atoms with E-state index in [1.807, 2.05) is 19.9 Å². The van der Waals surface area contributed by atoms with E-state index in [1.165, 1.54) is 0 Å². The Bertz CT molecular complexity index is 692. The summed E-state index contributed by atoms with van der Waals surface area (Å²) in [5, 5.41) is 0.812. The summed E-state index contributed by atoms with van der Waals surface area (Å²) in [6.45, 7) is 3.83. The summed E-state index contributed by atoms with van der Waals surface area (Å²) in [6.07, 6.45) is 0. The van der Waals surface area contributed by atoms with Gasteiger partial charge in [0.15, 0.2) is 5.78 Å². The average molecular weight is 347 g/mol. The molecular weight excluding hydrogens is 335 g/mol. The molecule has 0 aliphatic carbocycles. The molecule has 1 aromatic carbocycles. The number of rotatable bonds is 4. The van der Waals surface area contributed by atoms with Gasteiger partial charge in [0.05, 0.1) is 26.5 Å². The van der Waals surface area contributed by atoms with Crippen LogP contribution in [0.2, 0.25) is 10.0 Å². The maximum atomic E-state index is 12.3. The van der Waals surface area contributed by atoms with E-state index in [-0.39, 0.29) is 11.5 Å². The topological polar surface area (TPSA) is 34.1 Å². The van der Waals surface area contributed by atoms with E-state index in [2.05, 4.69) is 0 Å². The third-order valence-corrected chi connectivity index (χ3v) is 5.74. The predicted octanol–water partition coefficient (Wildman–Crippen LogP) is 4.66. The van der Waals surface area contributed by atoms with Crippen molar-refractivity contribution in [3.8, 4) is 0 Å². The zero-order valence-corrected chi connectivity index (χ0v) is 14.1. The van der Waals surface area contributed by atoms with Gasteiger partial charge < -0.3 is 0 Å². The van der Waals surface area contributed by atoms with Crippen LogP contribution in [0.1, 0.15) is 20.1 Å². The van der Waals surface area contributed by atoms with Gasteiger partial charge in [0.2, 0.25) is 0 Å². The highest BCUT2D eigenvalue weighted by atomic mass is 35.5. The first kappa shape index (κ1) is 15.7. The summed E-state index contributed by atoms with van der Waals surface area (Å²) in [5.74, 6) is -0.224. The molecule has 0 N–H and O–H groups in total. The molecule has 1 aromatic heterocycles. The van der Waals surface area contributed by atoms with Crippen molar-refractivity contribution < 1.29 is 9.00 Å². The fourth-order valence-corrected chi connectivity index (χ4v) is 4.48. The van der Waals surface area contributed by atoms with Gasteiger partial charge in [0.1, 0.15) is 0 Å². The van der Waals surface area contributed by atoms with E-state index in [9.17, 15) is 9.00 Å². The van der Waals surface area contributed by atoms with Crippen LogP contribution in [0.3, 0.4) is 0 Å². The molecule has 2 rings (SSSR count). The van der Waals surface area contributed by atoms with E-state index in [0.717, 1.165) is 9.75 Å². The molecule has 2 aromatic rings. The van der Waals surface area contributed by atoms with Crippen molar-refractivity contribution in [2.75, 3.05) is 5.75 Å². The number of benzene rings is 1. The number of aryl methyl sites for hydroxylation is 2. The molecule has 0 amide bonds. The third-order valence-electron chi connectivity index (χ3n) is 2.74. The number of halogens is 2. The fraction of sp³-hybridized carbons (Fsp3) is 0.214. The van der Waals surface area contributed by atoms with Crippen molar-refractivity contribution >= 4 is 51.1 Å². The molecule has 1 unspecified atom stereocenters. The van der Waals surface area contributed by atoms with E-state index < -0.39 is 10.8 Å². The number of hydrogen-bond donors (Lipinski definition) is 0. The molecule has 20 heavy (non-hydrogen) atoms. The van der Waals surface area contributed by atoms with Gasteiger partial charge in [-0.05, 0) is 38.1 Å². The van der Waals surface area contributed by atoms with Crippen LogP contribution in [0.5, 0.6) is 0 Å². The molecule has 0 aliphatic rings. The van der Waals surface area contributed by atoms with Crippen LogP contribution in [0.4, 0.5) is 0 Å². The number of thiophene rings is 1. The summed E-state index contributed by atoms with van der Waals surface area (Å²) in [6, 6.07) is 6.58. The van der Waals surface area contributed by atoms with Gasteiger partial charge in [-0.2, -0.15) is 0 Å². The molecule has 1 heterocycles. The smallest absolute Gasteiger partial charge is 0.176 e. The van der Waals surface area contributed by atoms with Crippen LogP contribution in [0, 0.1) is 13.8 Å². The lowest BCUT2D eigenvalue weighted by molar-refractivity contribution is 0.102. The Morgan fingerprint density at radius 3 is 2.55 bits per heavy atom. The summed E-state index contributed by atoms with van der Waals surface area (Å²) in [7, 11) is -1.50. The minimum Gasteiger partial charge on any atom is -0.293 e. The normalized spacial score (nSPS) is 12.4. The number of ketones is 1. The van der Waals surface area contributed by atoms with Gasteiger partial charge in [0.25, 0.3) is 0 Å². The van der Waals surface area contributed by atoms with Crippen LogP contribution in [0.15, 0.2) is 29.2 Å². The Hall–Kier alpha value is -0.680. The molecule has 2 nitrogen and oxygen atoms in total. The zero-order valence-electron chi connectivity index (χ0n) is 10.9. The number of hydrogen-bond acceptors (Lipinski definition) is 3. The lowest BCUT2D eigenvalue weighted by Gasteiger charge is -2.05. The molecular formula is C14H12Cl2O2S2. The molecule has 0 aliphatic heterocycles. The first-order chi connectivity index (χ1) is 9.38. The molecule has 0 fully saturated rings. The molecule has 0 saturated heterocycles. The largest absolute Gasteiger partial charge is 0.293 e. The molecule has 6 heteroatoms. The minimum atomic E-state index is -1.50. The van der Waals surface area contributed by atoms with E-state index in [0.29, 0.717) is 20.5 Å². The van der Waals surface area contributed by atoms with Crippen LogP contribution in [-0.4, -0.2) is 15.7 Å². The maximum Gasteiger partial charge on any atom is 0.176 e. The van der Waals surface area contributed by atoms with Crippen LogP contribution in [0.25, 0.3) is 0 Å². The molecule has 0 saturated carbocycles. The van der Waals surface area contributed by atoms with E-state index in [1.54, 1.807) is 29.5 Å². The van der Waals surface area contributed by atoms with Crippen molar-refractivity contribution in [2.45, 2.75) is 18.7 Å². The average Bonchev–Trinajstić information content (AvgIpc) is 2.71. The Balaban J connectivity index is 2.21. The molecule has 106 valence electrons. The van der Waals surface area contributed by atoms with Crippen molar-refractivity contribution in [1.29, 1.82) is 0 Å². The Labute approximate surface area is 134 Å². The SMILES string of the molecule is Cc1cc(C(=O)CS(=O)c2cc(Cl)ccc2Cl)c(C)s1. The monoisotopic (exact) mass is 346 g/mol. The van der Waals surface area contributed by atoms with E-state index in [4.69, 9.17) is 23.2 Å². The molecule has 0 spiro atoms. The summed E-state index contributed by atoms with van der Waals surface area (Å²) >= 11 is 13.4. The lowest BCUT2D eigenvalue weighted by Crippen LogP contribution is -2.11. The second-order valence-electron chi connectivity index (χ2n) is 4.31. The highest BCUT2D eigenvalue weighted by Gasteiger charge is 2.18. The van der Waals surface area contributed by atoms with Gasteiger partial charge >= 0.3 is 0 Å². The summed E-state index contributed by atoms with van der Waals surface area (Å²) < 4.78 is 12.3. The highest BCUT2D eigenvalue weighted by molar-refractivity contribution is 7.86. The minimum absolute atomic E-state index is 0.0862. The second kappa shape index (κ2) is 6.39. The summed E-state index contributed by atoms with van der Waals surface area (Å²) in [4.78, 5) is 14.6. The Kier molecular flexibility index (Phi) is 5.02. The van der Waals surface area contributed by atoms with Crippen molar-refractivity contribution in [3.05, 3.63) is 49.6 Å². The van der Waals surface area contributed by atoms with Crippen LogP contribution in [-0.2, 0) is 10.8 Å². The first-order valence-corrected chi connectivity index (χ1v) is 8.71. The predicted molar refractivity (Wildman–Crippen MR) is 85.9 cm³/mol. The van der Waals surface area contributed by atoms with Crippen molar-refractivity contribution in [1.82, 2.24) is 0 Å². The van der Waals surface area contributed by atoms with Crippen LogP contribution < -0.4 is 0 Å². The van der Waals surface area contributed by atoms with Gasteiger partial charge in [-0.3, -0.25) is 9.00 Å². The van der Waals surface area contributed by atoms with E-state index >= 15 is 0 Å². The van der Waals surface area contributed by atoms with Crippen LogP contribution >= 0.6 is 34.5 Å². The number of Topliss-reactive ketones (excluding diaryl/α,β-unsaturated/α-hetero) is 1. The molecule has 1 atom stereocenters. The van der Waals surface area contributed by atoms with Gasteiger partial charge in [-0.25, -0.2) is 0 Å². The highest BCUT2D eigenvalue weighted by Crippen LogP contribution is 2.26. The van der Waals surface area contributed by atoms with Gasteiger partial charge in [-0.1, -0.05) is 23.2 Å².